The van der Waals surface area contributed by atoms with E-state index in [-0.39, 0.29) is 10.8 Å². The smallest absolute Gasteiger partial charge is 0.307 e. The van der Waals surface area contributed by atoms with Crippen LogP contribution in [0.2, 0.25) is 0 Å². The normalized spacial score (nSPS) is 17.5. The van der Waals surface area contributed by atoms with Crippen molar-refractivity contribution in [1.29, 1.82) is 0 Å². The summed E-state index contributed by atoms with van der Waals surface area (Å²) in [5, 5.41) is 4.88. The molecule has 2 heterocycles. The molecule has 140 valence electrons. The van der Waals surface area contributed by atoms with Crippen LogP contribution >= 0.6 is 11.3 Å². The topological polar surface area (TPSA) is 54.3 Å². The van der Waals surface area contributed by atoms with E-state index in [1.54, 1.807) is 4.57 Å². The maximum atomic E-state index is 12.1. The monoisotopic (exact) mass is 373 g/mol. The van der Waals surface area contributed by atoms with Gasteiger partial charge in [0.15, 0.2) is 0 Å². The molecular formula is C20H27N3O2S. The minimum atomic E-state index is 0.0140. The van der Waals surface area contributed by atoms with Gasteiger partial charge in [-0.1, -0.05) is 41.7 Å². The maximum absolute atomic E-state index is 12.1. The number of rotatable bonds is 8. The summed E-state index contributed by atoms with van der Waals surface area (Å²) in [4.78, 5) is 26.2. The molecule has 0 radical (unpaired) electrons. The van der Waals surface area contributed by atoms with Crippen LogP contribution in [0.3, 0.4) is 0 Å². The van der Waals surface area contributed by atoms with E-state index < -0.39 is 0 Å². The molecule has 0 aliphatic carbocycles. The van der Waals surface area contributed by atoms with Gasteiger partial charge in [0.25, 0.3) is 0 Å². The number of hydrogen-bond donors (Lipinski definition) is 1. The number of amides is 1. The number of carbonyl (C=O) groups excluding carboxylic acids is 1. The molecule has 0 spiro atoms. The molecule has 1 aliphatic heterocycles. The number of thiazole rings is 1. The summed E-state index contributed by atoms with van der Waals surface area (Å²) in [6, 6.07) is 10.6. The summed E-state index contributed by atoms with van der Waals surface area (Å²) in [5.74, 6) is 0.561. The molecule has 26 heavy (non-hydrogen) atoms. The molecule has 1 fully saturated rings. The first kappa shape index (κ1) is 18.9. The van der Waals surface area contributed by atoms with E-state index in [1.807, 2.05) is 18.4 Å². The summed E-state index contributed by atoms with van der Waals surface area (Å²) in [6.07, 6.45) is 2.58. The van der Waals surface area contributed by atoms with Gasteiger partial charge in [-0.15, -0.1) is 0 Å². The number of aryl methyl sites for hydroxylation is 1. The van der Waals surface area contributed by atoms with E-state index in [0.29, 0.717) is 18.9 Å². The third-order valence-electron chi connectivity index (χ3n) is 5.06. The molecule has 0 saturated carbocycles. The van der Waals surface area contributed by atoms with Crippen LogP contribution in [0.15, 0.2) is 40.5 Å². The third kappa shape index (κ3) is 5.29. The Balaban J connectivity index is 1.34. The van der Waals surface area contributed by atoms with Gasteiger partial charge in [-0.2, -0.15) is 0 Å². The third-order valence-corrected chi connectivity index (χ3v) is 5.94. The van der Waals surface area contributed by atoms with Crippen LogP contribution in [-0.2, 0) is 17.8 Å². The van der Waals surface area contributed by atoms with Crippen LogP contribution in [0, 0.1) is 12.8 Å². The van der Waals surface area contributed by atoms with Crippen LogP contribution < -0.4 is 10.2 Å². The van der Waals surface area contributed by atoms with Gasteiger partial charge < -0.3 is 14.8 Å². The first-order valence-electron chi connectivity index (χ1n) is 9.29. The molecule has 1 aromatic heterocycles. The van der Waals surface area contributed by atoms with Crippen molar-refractivity contribution in [2.75, 3.05) is 26.2 Å². The highest BCUT2D eigenvalue weighted by Gasteiger charge is 2.22. The minimum Gasteiger partial charge on any atom is -0.356 e. The highest BCUT2D eigenvalue weighted by molar-refractivity contribution is 7.07. The molecule has 1 unspecified atom stereocenters. The Hall–Kier alpha value is -1.92. The van der Waals surface area contributed by atoms with Crippen molar-refractivity contribution in [3.05, 3.63) is 56.6 Å². The molecule has 1 aromatic carbocycles. The fourth-order valence-electron chi connectivity index (χ4n) is 3.45. The molecule has 1 aliphatic rings. The van der Waals surface area contributed by atoms with Gasteiger partial charge in [-0.25, -0.2) is 0 Å². The van der Waals surface area contributed by atoms with E-state index >= 15 is 0 Å². The van der Waals surface area contributed by atoms with Crippen LogP contribution in [0.4, 0.5) is 0 Å². The number of likely N-dealkylation sites (tertiary alicyclic amines) is 1. The number of nitrogens with zero attached hydrogens (tertiary/aromatic N) is 2. The molecular weight excluding hydrogens is 346 g/mol. The molecule has 2 aromatic rings. The van der Waals surface area contributed by atoms with Crippen molar-refractivity contribution in [3.8, 4) is 0 Å². The fraction of sp³-hybridized carbons (Fsp3) is 0.500. The van der Waals surface area contributed by atoms with E-state index in [1.165, 1.54) is 16.9 Å². The second kappa shape index (κ2) is 9.14. The number of nitrogens with one attached hydrogen (secondary N) is 1. The maximum Gasteiger partial charge on any atom is 0.307 e. The lowest BCUT2D eigenvalue weighted by atomic mass is 10.1. The zero-order valence-corrected chi connectivity index (χ0v) is 16.1. The number of benzene rings is 1. The van der Waals surface area contributed by atoms with Crippen LogP contribution in [0.25, 0.3) is 0 Å². The molecule has 1 saturated heterocycles. The lowest BCUT2D eigenvalue weighted by Crippen LogP contribution is -2.32. The number of carbonyl (C=O) groups is 1. The Morgan fingerprint density at radius 1 is 1.27 bits per heavy atom. The van der Waals surface area contributed by atoms with Gasteiger partial charge in [0.2, 0.25) is 5.91 Å². The fourth-order valence-corrected chi connectivity index (χ4v) is 4.21. The molecule has 1 amide bonds. The van der Waals surface area contributed by atoms with Gasteiger partial charge in [-0.3, -0.25) is 9.59 Å². The quantitative estimate of drug-likeness (QED) is 0.772. The first-order valence-corrected chi connectivity index (χ1v) is 10.2. The van der Waals surface area contributed by atoms with Gasteiger partial charge in [-0.05, 0) is 37.8 Å². The highest BCUT2D eigenvalue weighted by Crippen LogP contribution is 2.16. The van der Waals surface area contributed by atoms with Gasteiger partial charge in [0.1, 0.15) is 0 Å². The summed E-state index contributed by atoms with van der Waals surface area (Å²) >= 11 is 1.19. The Morgan fingerprint density at radius 2 is 2.08 bits per heavy atom. The first-order chi connectivity index (χ1) is 12.6. The summed E-state index contributed by atoms with van der Waals surface area (Å²) in [7, 11) is 0. The summed E-state index contributed by atoms with van der Waals surface area (Å²) < 4.78 is 1.67. The Labute approximate surface area is 158 Å². The van der Waals surface area contributed by atoms with Crippen molar-refractivity contribution >= 4 is 17.2 Å². The van der Waals surface area contributed by atoms with Crippen molar-refractivity contribution in [2.45, 2.75) is 32.7 Å². The second-order valence-corrected chi connectivity index (χ2v) is 7.86. The van der Waals surface area contributed by atoms with Gasteiger partial charge >= 0.3 is 4.87 Å². The zero-order chi connectivity index (χ0) is 18.4. The molecule has 5 nitrogen and oxygen atoms in total. The highest BCUT2D eigenvalue weighted by atomic mass is 32.1. The lowest BCUT2D eigenvalue weighted by molar-refractivity contribution is -0.121. The molecule has 1 N–H and O–H groups in total. The summed E-state index contributed by atoms with van der Waals surface area (Å²) in [5.41, 5.74) is 2.31. The lowest BCUT2D eigenvalue weighted by Gasteiger charge is -2.16. The van der Waals surface area contributed by atoms with E-state index in [2.05, 4.69) is 34.5 Å². The second-order valence-electron chi connectivity index (χ2n) is 7.04. The molecule has 0 bridgehead atoms. The predicted octanol–water partition coefficient (Wildman–Crippen LogP) is 2.29. The molecule has 6 heteroatoms. The Bertz CT molecular complexity index is 769. The van der Waals surface area contributed by atoms with Crippen LogP contribution in [0.1, 0.15) is 24.1 Å². The van der Waals surface area contributed by atoms with Crippen molar-refractivity contribution in [1.82, 2.24) is 14.8 Å². The Morgan fingerprint density at radius 3 is 2.81 bits per heavy atom. The number of hydrogen-bond acceptors (Lipinski definition) is 4. The molecule has 3 rings (SSSR count). The van der Waals surface area contributed by atoms with Crippen molar-refractivity contribution in [3.63, 3.8) is 0 Å². The average molecular weight is 374 g/mol. The molecule has 1 atom stereocenters. The SMILES string of the molecule is Cc1csc(=O)n1CCC(=O)NCC1CCN(CCc2ccccc2)C1. The van der Waals surface area contributed by atoms with Crippen LogP contribution in [0.5, 0.6) is 0 Å². The minimum absolute atomic E-state index is 0.0140. The van der Waals surface area contributed by atoms with Crippen molar-refractivity contribution in [2.24, 2.45) is 5.92 Å². The average Bonchev–Trinajstić information content (AvgIpc) is 3.24. The van der Waals surface area contributed by atoms with Gasteiger partial charge in [0, 0.05) is 43.7 Å². The van der Waals surface area contributed by atoms with Crippen LogP contribution in [-0.4, -0.2) is 41.6 Å². The van der Waals surface area contributed by atoms with Crippen molar-refractivity contribution < 1.29 is 4.79 Å². The zero-order valence-electron chi connectivity index (χ0n) is 15.3. The van der Waals surface area contributed by atoms with E-state index in [0.717, 1.165) is 44.7 Å². The standard InChI is InChI=1S/C20H27N3O2S/c1-16-15-26-20(25)23(16)12-9-19(24)21-13-18-8-11-22(14-18)10-7-17-5-3-2-4-6-17/h2-6,15,18H,7-14H2,1H3,(H,21,24). The number of aromatic nitrogens is 1. The summed E-state index contributed by atoms with van der Waals surface area (Å²) in [6.45, 7) is 6.34. The van der Waals surface area contributed by atoms with E-state index in [9.17, 15) is 9.59 Å². The Kier molecular flexibility index (Phi) is 6.63. The van der Waals surface area contributed by atoms with Gasteiger partial charge in [0.05, 0.1) is 0 Å². The predicted molar refractivity (Wildman–Crippen MR) is 106 cm³/mol. The van der Waals surface area contributed by atoms with E-state index in [4.69, 9.17) is 0 Å². The largest absolute Gasteiger partial charge is 0.356 e.